The molecule has 0 spiro atoms. The van der Waals surface area contributed by atoms with Gasteiger partial charge in [-0.05, 0) is 59.7 Å². The van der Waals surface area contributed by atoms with Crippen LogP contribution in [0.25, 0.3) is 21.7 Å². The molecule has 3 amide bonds. The standard InChI is InChI=1S/C34H37N4O8P/c1-18(2)15-25-22(13-14-38-32(40)23-10-5-7-19-8-6-11-24(28(19)23)33(38)41)31(47(44,45)46)37-29(25)30(39)36-27(34(42)43)16-20-17-35-26-12-4-3-9-21(20)26/h3-12,17-18,22,25,27,29,31,35,37H,13-16H2,1-2H3,(H,36,39)(H,42,43)(H2,44,45,46)/t22-,25-,27+,29-,31-/m1/s1. The van der Waals surface area contributed by atoms with Gasteiger partial charge in [0.15, 0.2) is 0 Å². The summed E-state index contributed by atoms with van der Waals surface area (Å²) in [7, 11) is -4.84. The first-order valence-corrected chi connectivity index (χ1v) is 17.3. The van der Waals surface area contributed by atoms with Crippen molar-refractivity contribution in [1.29, 1.82) is 0 Å². The van der Waals surface area contributed by atoms with Crippen LogP contribution in [0.1, 0.15) is 53.0 Å². The van der Waals surface area contributed by atoms with Gasteiger partial charge in [0, 0.05) is 46.6 Å². The number of carboxylic acids is 1. The van der Waals surface area contributed by atoms with Gasteiger partial charge in [0.05, 0.1) is 6.04 Å². The van der Waals surface area contributed by atoms with E-state index in [9.17, 15) is 38.6 Å². The van der Waals surface area contributed by atoms with Crippen molar-refractivity contribution in [3.63, 3.8) is 0 Å². The molecule has 0 aliphatic carbocycles. The Hall–Kier alpha value is -4.35. The maximum atomic E-state index is 13.8. The van der Waals surface area contributed by atoms with Crippen LogP contribution in [0, 0.1) is 17.8 Å². The van der Waals surface area contributed by atoms with Gasteiger partial charge in [-0.2, -0.15) is 0 Å². The lowest BCUT2D eigenvalue weighted by atomic mass is 9.81. The smallest absolute Gasteiger partial charge is 0.342 e. The molecule has 0 bridgehead atoms. The summed E-state index contributed by atoms with van der Waals surface area (Å²) in [6.07, 6.45) is 2.10. The Bertz CT molecular complexity index is 1880. The number of carboxylic acid groups (broad SMARTS) is 1. The average molecular weight is 661 g/mol. The molecule has 4 aromatic rings. The van der Waals surface area contributed by atoms with Gasteiger partial charge in [-0.25, -0.2) is 4.79 Å². The van der Waals surface area contributed by atoms with Gasteiger partial charge in [-0.15, -0.1) is 0 Å². The number of amides is 3. The number of fused-ring (bicyclic) bond motifs is 1. The van der Waals surface area contributed by atoms with Crippen molar-refractivity contribution in [2.75, 3.05) is 6.54 Å². The number of imide groups is 1. The fraction of sp³-hybridized carbons (Fsp3) is 0.353. The molecule has 0 unspecified atom stereocenters. The van der Waals surface area contributed by atoms with Crippen molar-refractivity contribution < 1.29 is 38.6 Å². The number of carbonyl (C=O) groups excluding carboxylic acids is 3. The molecule has 3 heterocycles. The largest absolute Gasteiger partial charge is 0.480 e. The molecule has 47 heavy (non-hydrogen) atoms. The van der Waals surface area contributed by atoms with Crippen LogP contribution in [-0.4, -0.2) is 72.9 Å². The van der Waals surface area contributed by atoms with Crippen LogP contribution < -0.4 is 10.6 Å². The predicted molar refractivity (Wildman–Crippen MR) is 175 cm³/mol. The minimum absolute atomic E-state index is 0.00852. The van der Waals surface area contributed by atoms with Crippen molar-refractivity contribution in [3.05, 3.63) is 83.6 Å². The van der Waals surface area contributed by atoms with Crippen molar-refractivity contribution in [3.8, 4) is 0 Å². The van der Waals surface area contributed by atoms with Gasteiger partial charge in [0.1, 0.15) is 11.8 Å². The Morgan fingerprint density at radius 2 is 1.62 bits per heavy atom. The first-order valence-electron chi connectivity index (χ1n) is 15.6. The molecule has 0 saturated carbocycles. The van der Waals surface area contributed by atoms with E-state index in [1.165, 1.54) is 0 Å². The Kier molecular flexibility index (Phi) is 8.80. The van der Waals surface area contributed by atoms with E-state index in [1.54, 1.807) is 30.5 Å². The van der Waals surface area contributed by atoms with Gasteiger partial charge >= 0.3 is 13.6 Å². The Morgan fingerprint density at radius 1 is 0.957 bits per heavy atom. The molecular weight excluding hydrogens is 623 g/mol. The molecular formula is C34H37N4O8P. The number of aliphatic carboxylic acids is 1. The minimum atomic E-state index is -4.84. The van der Waals surface area contributed by atoms with Gasteiger partial charge in [-0.3, -0.25) is 29.2 Å². The van der Waals surface area contributed by atoms with Crippen LogP contribution in [-0.2, 0) is 20.6 Å². The second-order valence-corrected chi connectivity index (χ2v) is 14.6. The van der Waals surface area contributed by atoms with E-state index in [1.807, 2.05) is 50.2 Å². The fourth-order valence-corrected chi connectivity index (χ4v) is 8.52. The second-order valence-electron chi connectivity index (χ2n) is 12.9. The SMILES string of the molecule is CC(C)C[C@@H]1[C@@H](CCN2C(=O)c3cccc4cccc(c34)C2=O)[C@@H](P(=O)(O)O)N[C@H]1C(=O)N[C@@H](Cc1c[nH]c2ccccc12)C(=O)O. The lowest BCUT2D eigenvalue weighted by Gasteiger charge is -2.31. The lowest BCUT2D eigenvalue weighted by molar-refractivity contribution is -0.142. The molecule has 0 radical (unpaired) electrons. The molecule has 2 aliphatic heterocycles. The molecule has 1 fully saturated rings. The van der Waals surface area contributed by atoms with Gasteiger partial charge < -0.3 is 25.2 Å². The van der Waals surface area contributed by atoms with Crippen molar-refractivity contribution in [2.24, 2.45) is 17.8 Å². The van der Waals surface area contributed by atoms with E-state index in [0.717, 1.165) is 21.2 Å². The summed E-state index contributed by atoms with van der Waals surface area (Å²) in [5.41, 5.74) is 2.27. The summed E-state index contributed by atoms with van der Waals surface area (Å²) < 4.78 is 12.8. The van der Waals surface area contributed by atoms with Crippen molar-refractivity contribution >= 4 is 53.0 Å². The Labute approximate surface area is 270 Å². The second kappa shape index (κ2) is 12.7. The molecule has 12 nitrogen and oxygen atoms in total. The zero-order chi connectivity index (χ0) is 33.6. The van der Waals surface area contributed by atoms with Gasteiger partial charge in [0.25, 0.3) is 11.8 Å². The average Bonchev–Trinajstić information content (AvgIpc) is 3.60. The third-order valence-electron chi connectivity index (χ3n) is 9.38. The minimum Gasteiger partial charge on any atom is -0.480 e. The number of nitrogens with one attached hydrogen (secondary N) is 3. The molecule has 6 N–H and O–H groups in total. The molecule has 246 valence electrons. The van der Waals surface area contributed by atoms with E-state index in [0.29, 0.717) is 28.5 Å². The number of H-pyrrole nitrogens is 1. The third-order valence-corrected chi connectivity index (χ3v) is 10.6. The summed E-state index contributed by atoms with van der Waals surface area (Å²) in [5.74, 6) is -5.77. The highest BCUT2D eigenvalue weighted by atomic mass is 31.2. The van der Waals surface area contributed by atoms with E-state index in [-0.39, 0.29) is 25.3 Å². The number of hydrogen-bond acceptors (Lipinski definition) is 6. The van der Waals surface area contributed by atoms with Crippen LogP contribution >= 0.6 is 7.60 Å². The normalized spacial score (nSPS) is 21.9. The third kappa shape index (κ3) is 6.21. The Morgan fingerprint density at radius 3 is 2.23 bits per heavy atom. The highest BCUT2D eigenvalue weighted by Crippen LogP contribution is 2.52. The maximum absolute atomic E-state index is 13.8. The van der Waals surface area contributed by atoms with Crippen molar-refractivity contribution in [2.45, 2.75) is 51.0 Å². The van der Waals surface area contributed by atoms with Crippen LogP contribution in [0.3, 0.4) is 0 Å². The van der Waals surface area contributed by atoms with Crippen LogP contribution in [0.15, 0.2) is 66.9 Å². The maximum Gasteiger partial charge on any atom is 0.342 e. The van der Waals surface area contributed by atoms with Crippen LogP contribution in [0.2, 0.25) is 0 Å². The first-order chi connectivity index (χ1) is 22.3. The number of hydrogen-bond donors (Lipinski definition) is 6. The summed E-state index contributed by atoms with van der Waals surface area (Å²) >= 11 is 0. The number of carbonyl (C=O) groups is 4. The van der Waals surface area contributed by atoms with E-state index < -0.39 is 61.0 Å². The highest BCUT2D eigenvalue weighted by molar-refractivity contribution is 7.52. The lowest BCUT2D eigenvalue weighted by Crippen LogP contribution is -2.51. The van der Waals surface area contributed by atoms with E-state index in [4.69, 9.17) is 0 Å². The number of benzene rings is 3. The molecule has 3 aromatic carbocycles. The van der Waals surface area contributed by atoms with Crippen molar-refractivity contribution in [1.82, 2.24) is 20.5 Å². The monoisotopic (exact) mass is 660 g/mol. The number of nitrogens with zero attached hydrogens (tertiary/aromatic N) is 1. The molecule has 1 aromatic heterocycles. The number of aromatic amines is 1. The Balaban J connectivity index is 1.25. The highest BCUT2D eigenvalue weighted by Gasteiger charge is 2.52. The predicted octanol–water partition coefficient (Wildman–Crippen LogP) is 3.87. The molecule has 6 rings (SSSR count). The fourth-order valence-electron chi connectivity index (χ4n) is 7.30. The number of rotatable bonds is 11. The zero-order valence-electron chi connectivity index (χ0n) is 25.9. The van der Waals surface area contributed by atoms with Gasteiger partial charge in [-0.1, -0.05) is 56.3 Å². The van der Waals surface area contributed by atoms with E-state index >= 15 is 0 Å². The molecule has 13 heteroatoms. The molecule has 1 saturated heterocycles. The molecule has 2 aliphatic rings. The zero-order valence-corrected chi connectivity index (χ0v) is 26.8. The number of para-hydroxylation sites is 1. The van der Waals surface area contributed by atoms with Gasteiger partial charge in [0.2, 0.25) is 5.91 Å². The summed E-state index contributed by atoms with van der Waals surface area (Å²) in [4.78, 5) is 78.3. The summed E-state index contributed by atoms with van der Waals surface area (Å²) in [6.45, 7) is 3.72. The molecule has 5 atom stereocenters. The quantitative estimate of drug-likeness (QED) is 0.102. The topological polar surface area (TPSA) is 189 Å². The van der Waals surface area contributed by atoms with Crippen LogP contribution in [0.5, 0.6) is 0 Å². The van der Waals surface area contributed by atoms with Crippen LogP contribution in [0.4, 0.5) is 0 Å². The van der Waals surface area contributed by atoms with E-state index in [2.05, 4.69) is 15.6 Å². The first kappa shape index (κ1) is 32.6. The number of aromatic nitrogens is 1. The summed E-state index contributed by atoms with van der Waals surface area (Å²) in [6, 6.07) is 15.4. The summed E-state index contributed by atoms with van der Waals surface area (Å²) in [5, 5.41) is 17.7.